The second-order valence-corrected chi connectivity index (χ2v) is 7.96. The average Bonchev–Trinajstić information content (AvgIpc) is 3.12. The number of hydrogen-bond donors (Lipinski definition) is 3. The van der Waals surface area contributed by atoms with E-state index in [1.54, 1.807) is 24.5 Å². The van der Waals surface area contributed by atoms with E-state index in [2.05, 4.69) is 29.9 Å². The molecule has 0 aliphatic rings. The monoisotopic (exact) mass is 334 g/mol. The summed E-state index contributed by atoms with van der Waals surface area (Å²) in [6, 6.07) is 3.33. The van der Waals surface area contributed by atoms with Crippen molar-refractivity contribution in [3.63, 3.8) is 0 Å². The van der Waals surface area contributed by atoms with Crippen molar-refractivity contribution in [3.05, 3.63) is 36.0 Å². The highest BCUT2D eigenvalue weighted by Crippen LogP contribution is 2.20. The molecule has 0 fully saturated rings. The van der Waals surface area contributed by atoms with Gasteiger partial charge in [0.05, 0.1) is 11.9 Å². The van der Waals surface area contributed by atoms with Crippen LogP contribution in [0.25, 0.3) is 11.0 Å². The smallest absolute Gasteiger partial charge is 0.258 e. The maximum atomic E-state index is 12.4. The number of H-pyrrole nitrogens is 2. The number of pyridine rings is 1. The zero-order valence-corrected chi connectivity index (χ0v) is 13.9. The van der Waals surface area contributed by atoms with E-state index in [9.17, 15) is 8.42 Å². The van der Waals surface area contributed by atoms with E-state index in [4.69, 9.17) is 0 Å². The average molecular weight is 334 g/mol. The molecule has 0 aliphatic carbocycles. The third kappa shape index (κ3) is 3.10. The molecule has 0 radical (unpaired) electrons. The second kappa shape index (κ2) is 5.43. The summed E-state index contributed by atoms with van der Waals surface area (Å²) in [6.45, 7) is 6.21. The molecular weight excluding hydrogens is 316 g/mol. The summed E-state index contributed by atoms with van der Waals surface area (Å²) in [7, 11) is -3.72. The highest BCUT2D eigenvalue weighted by atomic mass is 32.2. The normalized spacial score (nSPS) is 12.8. The number of imidazole rings is 1. The predicted molar refractivity (Wildman–Crippen MR) is 85.2 cm³/mol. The Morgan fingerprint density at radius 1 is 1.26 bits per heavy atom. The molecule has 0 saturated heterocycles. The second-order valence-electron chi connectivity index (χ2n) is 6.26. The van der Waals surface area contributed by atoms with Crippen LogP contribution in [0.15, 0.2) is 29.6 Å². The van der Waals surface area contributed by atoms with Crippen LogP contribution in [0.3, 0.4) is 0 Å². The number of nitrogens with zero attached hydrogens (tertiary/aromatic N) is 3. The van der Waals surface area contributed by atoms with E-state index in [1.165, 1.54) is 0 Å². The van der Waals surface area contributed by atoms with Gasteiger partial charge in [0.2, 0.25) is 0 Å². The number of hydrogen-bond acceptors (Lipinski definition) is 5. The van der Waals surface area contributed by atoms with Gasteiger partial charge >= 0.3 is 0 Å². The molecule has 122 valence electrons. The third-order valence-corrected chi connectivity index (χ3v) is 4.73. The Hall–Kier alpha value is -2.26. The molecule has 0 amide bonds. The van der Waals surface area contributed by atoms with Crippen molar-refractivity contribution in [2.75, 3.05) is 0 Å². The summed E-state index contributed by atoms with van der Waals surface area (Å²) in [5.41, 5.74) is 0.937. The maximum absolute atomic E-state index is 12.4. The van der Waals surface area contributed by atoms with E-state index >= 15 is 0 Å². The Bertz CT molecular complexity index is 935. The van der Waals surface area contributed by atoms with Crippen molar-refractivity contribution in [1.29, 1.82) is 0 Å². The first-order valence-electron chi connectivity index (χ1n) is 7.10. The van der Waals surface area contributed by atoms with Gasteiger partial charge in [0, 0.05) is 23.5 Å². The van der Waals surface area contributed by atoms with Crippen LogP contribution >= 0.6 is 0 Å². The Labute approximate surface area is 133 Å². The number of aromatic nitrogens is 5. The van der Waals surface area contributed by atoms with Gasteiger partial charge in [-0.25, -0.2) is 23.1 Å². The minimum atomic E-state index is -3.72. The van der Waals surface area contributed by atoms with Gasteiger partial charge in [0.1, 0.15) is 5.82 Å². The predicted octanol–water partition coefficient (Wildman–Crippen LogP) is 1.46. The molecule has 3 aromatic heterocycles. The first kappa shape index (κ1) is 15.6. The molecule has 0 unspecified atom stereocenters. The van der Waals surface area contributed by atoms with Crippen molar-refractivity contribution in [2.45, 2.75) is 37.8 Å². The quantitative estimate of drug-likeness (QED) is 0.668. The van der Waals surface area contributed by atoms with Gasteiger partial charge in [0.25, 0.3) is 10.0 Å². The van der Waals surface area contributed by atoms with Gasteiger partial charge in [-0.3, -0.25) is 5.10 Å². The van der Waals surface area contributed by atoms with Crippen molar-refractivity contribution in [1.82, 2.24) is 29.9 Å². The fraction of sp³-hybridized carbons (Fsp3) is 0.357. The zero-order valence-electron chi connectivity index (χ0n) is 13.1. The van der Waals surface area contributed by atoms with Crippen molar-refractivity contribution in [2.24, 2.45) is 0 Å². The molecular formula is C14H18N6O2S. The highest BCUT2D eigenvalue weighted by Gasteiger charge is 2.22. The first-order valence-corrected chi connectivity index (χ1v) is 8.59. The van der Waals surface area contributed by atoms with Crippen LogP contribution in [0.2, 0.25) is 0 Å². The van der Waals surface area contributed by atoms with E-state index < -0.39 is 10.0 Å². The molecule has 9 heteroatoms. The summed E-state index contributed by atoms with van der Waals surface area (Å²) in [6.07, 6.45) is 3.20. The third-order valence-electron chi connectivity index (χ3n) is 3.35. The first-order chi connectivity index (χ1) is 10.8. The summed E-state index contributed by atoms with van der Waals surface area (Å²) in [5.74, 6) is 0.808. The van der Waals surface area contributed by atoms with Gasteiger partial charge in [0.15, 0.2) is 10.7 Å². The van der Waals surface area contributed by atoms with Crippen LogP contribution in [0.1, 0.15) is 32.3 Å². The molecule has 0 aromatic carbocycles. The maximum Gasteiger partial charge on any atom is 0.258 e. The van der Waals surface area contributed by atoms with E-state index in [0.29, 0.717) is 16.7 Å². The SMILES string of the molecule is CC(C)(C)c1ncc(CNS(=O)(=O)c2[nH]nc3ncccc23)[nH]1. The van der Waals surface area contributed by atoms with Crippen LogP contribution in [0.5, 0.6) is 0 Å². The number of fused-ring (bicyclic) bond motifs is 1. The number of rotatable bonds is 4. The fourth-order valence-corrected chi connectivity index (χ4v) is 3.21. The van der Waals surface area contributed by atoms with Crippen molar-refractivity contribution in [3.8, 4) is 0 Å². The molecule has 0 aliphatic heterocycles. The van der Waals surface area contributed by atoms with Gasteiger partial charge in [-0.1, -0.05) is 20.8 Å². The molecule has 3 heterocycles. The molecule has 0 atom stereocenters. The van der Waals surface area contributed by atoms with Gasteiger partial charge in [-0.15, -0.1) is 0 Å². The van der Waals surface area contributed by atoms with E-state index in [0.717, 1.165) is 5.82 Å². The summed E-state index contributed by atoms with van der Waals surface area (Å²) >= 11 is 0. The topological polar surface area (TPSA) is 116 Å². The molecule has 0 saturated carbocycles. The van der Waals surface area contributed by atoms with Crippen molar-refractivity contribution < 1.29 is 8.42 Å². The Balaban J connectivity index is 1.81. The summed E-state index contributed by atoms with van der Waals surface area (Å²) in [4.78, 5) is 11.4. The molecule has 8 nitrogen and oxygen atoms in total. The lowest BCUT2D eigenvalue weighted by Gasteiger charge is -2.14. The summed E-state index contributed by atoms with van der Waals surface area (Å²) in [5, 5.41) is 6.90. The minimum Gasteiger partial charge on any atom is -0.344 e. The Morgan fingerprint density at radius 2 is 2.04 bits per heavy atom. The van der Waals surface area contributed by atoms with Gasteiger partial charge in [-0.05, 0) is 12.1 Å². The minimum absolute atomic E-state index is 0.0103. The number of sulfonamides is 1. The Morgan fingerprint density at radius 3 is 2.74 bits per heavy atom. The summed E-state index contributed by atoms with van der Waals surface area (Å²) < 4.78 is 27.4. The molecule has 3 rings (SSSR count). The molecule has 0 bridgehead atoms. The van der Waals surface area contributed by atoms with Crippen LogP contribution in [-0.2, 0) is 22.0 Å². The lowest BCUT2D eigenvalue weighted by atomic mass is 9.96. The van der Waals surface area contributed by atoms with Crippen molar-refractivity contribution >= 4 is 21.1 Å². The van der Waals surface area contributed by atoms with Crippen LogP contribution in [0.4, 0.5) is 0 Å². The number of aromatic amines is 2. The lowest BCUT2D eigenvalue weighted by molar-refractivity contribution is 0.550. The van der Waals surface area contributed by atoms with Gasteiger partial charge in [-0.2, -0.15) is 5.10 Å². The van der Waals surface area contributed by atoms with E-state index in [-0.39, 0.29) is 17.0 Å². The fourth-order valence-electron chi connectivity index (χ4n) is 2.11. The largest absolute Gasteiger partial charge is 0.344 e. The van der Waals surface area contributed by atoms with Gasteiger partial charge < -0.3 is 4.98 Å². The number of nitrogens with one attached hydrogen (secondary N) is 3. The highest BCUT2D eigenvalue weighted by molar-refractivity contribution is 7.89. The standard InChI is InChI=1S/C14H18N6O2S/c1-14(2,3)13-16-7-9(18-13)8-17-23(21,22)12-10-5-4-6-15-11(10)19-20-12/h4-7,17H,8H2,1-3H3,(H,16,18)(H,15,19,20). The lowest BCUT2D eigenvalue weighted by Crippen LogP contribution is -2.24. The molecule has 0 spiro atoms. The van der Waals surface area contributed by atoms with Crippen LogP contribution in [-0.4, -0.2) is 33.6 Å². The molecule has 3 N–H and O–H groups in total. The van der Waals surface area contributed by atoms with E-state index in [1.807, 2.05) is 20.8 Å². The molecule has 3 aromatic rings. The molecule has 23 heavy (non-hydrogen) atoms. The van der Waals surface area contributed by atoms with Crippen LogP contribution < -0.4 is 4.72 Å². The zero-order chi connectivity index (χ0) is 16.7. The Kier molecular flexibility index (Phi) is 3.69. The van der Waals surface area contributed by atoms with Crippen LogP contribution in [0, 0.1) is 0 Å².